The summed E-state index contributed by atoms with van der Waals surface area (Å²) in [6, 6.07) is 4.50. The number of rotatable bonds is 4. The van der Waals surface area contributed by atoms with Crippen LogP contribution < -0.4 is 5.73 Å². The zero-order valence-corrected chi connectivity index (χ0v) is 11.0. The van der Waals surface area contributed by atoms with E-state index >= 15 is 0 Å². The number of ether oxygens (including phenoxy) is 1. The Hall–Kier alpha value is -2.02. The summed E-state index contributed by atoms with van der Waals surface area (Å²) in [4.78, 5) is 0. The predicted molar refractivity (Wildman–Crippen MR) is 71.2 cm³/mol. The zero-order valence-electron chi connectivity index (χ0n) is 11.0. The molecule has 1 aliphatic heterocycles. The lowest BCUT2D eigenvalue weighted by Crippen LogP contribution is -2.12. The van der Waals surface area contributed by atoms with Gasteiger partial charge >= 0.3 is 0 Å². The van der Waals surface area contributed by atoms with Crippen molar-refractivity contribution in [2.24, 2.45) is 0 Å². The van der Waals surface area contributed by atoms with Crippen LogP contribution in [-0.2, 0) is 11.3 Å². The molecule has 0 saturated carbocycles. The van der Waals surface area contributed by atoms with Gasteiger partial charge in [-0.3, -0.25) is 0 Å². The van der Waals surface area contributed by atoms with Crippen LogP contribution in [0.4, 0.5) is 10.1 Å². The van der Waals surface area contributed by atoms with Crippen molar-refractivity contribution >= 4 is 5.69 Å². The number of nitrogens with two attached hydrogens (primary N) is 1. The number of hydrogen-bond donors (Lipinski definition) is 1. The summed E-state index contributed by atoms with van der Waals surface area (Å²) < 4.78 is 21.1. The Kier molecular flexibility index (Phi) is 3.60. The minimum Gasteiger partial charge on any atom is -0.399 e. The molecule has 1 atom stereocenters. The van der Waals surface area contributed by atoms with Gasteiger partial charge in [0.05, 0.1) is 11.7 Å². The fourth-order valence-electron chi connectivity index (χ4n) is 2.40. The van der Waals surface area contributed by atoms with Crippen molar-refractivity contribution in [1.82, 2.24) is 20.2 Å². The highest BCUT2D eigenvalue weighted by Crippen LogP contribution is 2.23. The third-order valence-corrected chi connectivity index (χ3v) is 3.45. The van der Waals surface area contributed by atoms with Crippen molar-refractivity contribution < 1.29 is 9.13 Å². The zero-order chi connectivity index (χ0) is 13.9. The van der Waals surface area contributed by atoms with E-state index < -0.39 is 5.82 Å². The summed E-state index contributed by atoms with van der Waals surface area (Å²) in [5, 5.41) is 11.5. The van der Waals surface area contributed by atoms with Gasteiger partial charge in [-0.1, -0.05) is 0 Å². The Bertz CT molecular complexity index is 594. The van der Waals surface area contributed by atoms with Gasteiger partial charge in [0, 0.05) is 18.8 Å². The molecular formula is C13H16FN5O. The van der Waals surface area contributed by atoms with Crippen molar-refractivity contribution in [3.8, 4) is 11.4 Å². The van der Waals surface area contributed by atoms with E-state index in [2.05, 4.69) is 15.5 Å². The number of aryl methyl sites for hydroxylation is 1. The molecule has 0 bridgehead atoms. The van der Waals surface area contributed by atoms with Crippen LogP contribution in [0.1, 0.15) is 19.3 Å². The minimum atomic E-state index is -0.418. The second-order valence-electron chi connectivity index (χ2n) is 4.89. The van der Waals surface area contributed by atoms with Crippen molar-refractivity contribution in [2.45, 2.75) is 31.9 Å². The van der Waals surface area contributed by atoms with Crippen LogP contribution in [0.2, 0.25) is 0 Å². The average Bonchev–Trinajstić information content (AvgIpc) is 3.07. The topological polar surface area (TPSA) is 78.9 Å². The fourth-order valence-corrected chi connectivity index (χ4v) is 2.40. The number of hydrogen-bond acceptors (Lipinski definition) is 5. The van der Waals surface area contributed by atoms with Gasteiger partial charge in [0.2, 0.25) is 0 Å². The van der Waals surface area contributed by atoms with Gasteiger partial charge < -0.3 is 10.5 Å². The number of tetrazole rings is 1. The number of nitrogen functional groups attached to an aromatic ring is 1. The molecular weight excluding hydrogens is 261 g/mol. The molecule has 0 spiro atoms. The molecule has 1 fully saturated rings. The van der Waals surface area contributed by atoms with Crippen LogP contribution in [0.3, 0.4) is 0 Å². The van der Waals surface area contributed by atoms with E-state index in [0.29, 0.717) is 23.6 Å². The van der Waals surface area contributed by atoms with Gasteiger partial charge in [-0.05, 0) is 47.9 Å². The first-order valence-electron chi connectivity index (χ1n) is 6.67. The highest BCUT2D eigenvalue weighted by molar-refractivity contribution is 5.59. The van der Waals surface area contributed by atoms with Gasteiger partial charge in [0.15, 0.2) is 5.82 Å². The van der Waals surface area contributed by atoms with Crippen LogP contribution in [0, 0.1) is 5.82 Å². The molecule has 1 saturated heterocycles. The van der Waals surface area contributed by atoms with E-state index in [-0.39, 0.29) is 6.10 Å². The SMILES string of the molecule is Nc1ccc(-c2nnnn2CCC2CCCO2)c(F)c1. The van der Waals surface area contributed by atoms with Gasteiger partial charge in [-0.15, -0.1) is 5.10 Å². The standard InChI is InChI=1S/C13H16FN5O/c14-12-8-9(15)3-4-11(12)13-16-17-18-19(13)6-5-10-2-1-7-20-10/h3-4,8,10H,1-2,5-7,15H2. The second-order valence-corrected chi connectivity index (χ2v) is 4.89. The van der Waals surface area contributed by atoms with E-state index in [4.69, 9.17) is 10.5 Å². The van der Waals surface area contributed by atoms with Gasteiger partial charge in [-0.2, -0.15) is 0 Å². The van der Waals surface area contributed by atoms with Gasteiger partial charge in [-0.25, -0.2) is 9.07 Å². The van der Waals surface area contributed by atoms with Crippen molar-refractivity contribution in [2.75, 3.05) is 12.3 Å². The molecule has 3 rings (SSSR count). The number of halogens is 1. The minimum absolute atomic E-state index is 0.253. The fraction of sp³-hybridized carbons (Fsp3) is 0.462. The predicted octanol–water partition coefficient (Wildman–Crippen LogP) is 1.63. The first kappa shape index (κ1) is 13.0. The second kappa shape index (κ2) is 5.54. The molecule has 0 amide bonds. The first-order valence-corrected chi connectivity index (χ1v) is 6.67. The maximum absolute atomic E-state index is 13.9. The molecule has 1 aromatic heterocycles. The van der Waals surface area contributed by atoms with Crippen molar-refractivity contribution in [3.05, 3.63) is 24.0 Å². The Balaban J connectivity index is 1.78. The smallest absolute Gasteiger partial charge is 0.184 e. The van der Waals surface area contributed by atoms with Crippen molar-refractivity contribution in [3.63, 3.8) is 0 Å². The van der Waals surface area contributed by atoms with Gasteiger partial charge in [0.25, 0.3) is 0 Å². The maximum atomic E-state index is 13.9. The van der Waals surface area contributed by atoms with Crippen LogP contribution >= 0.6 is 0 Å². The largest absolute Gasteiger partial charge is 0.399 e. The Labute approximate surface area is 115 Å². The summed E-state index contributed by atoms with van der Waals surface area (Å²) in [7, 11) is 0. The number of aromatic nitrogens is 4. The van der Waals surface area contributed by atoms with E-state index in [1.807, 2.05) is 0 Å². The Morgan fingerprint density at radius 3 is 3.10 bits per heavy atom. The lowest BCUT2D eigenvalue weighted by atomic mass is 10.1. The van der Waals surface area contributed by atoms with E-state index in [9.17, 15) is 4.39 Å². The van der Waals surface area contributed by atoms with Crippen LogP contribution in [0.5, 0.6) is 0 Å². The summed E-state index contributed by atoms with van der Waals surface area (Å²) in [6.45, 7) is 1.43. The lowest BCUT2D eigenvalue weighted by Gasteiger charge is -2.10. The summed E-state index contributed by atoms with van der Waals surface area (Å²) in [6.07, 6.45) is 3.24. The number of anilines is 1. The third-order valence-electron chi connectivity index (χ3n) is 3.45. The summed E-state index contributed by atoms with van der Waals surface area (Å²) >= 11 is 0. The highest BCUT2D eigenvalue weighted by Gasteiger charge is 2.18. The first-order chi connectivity index (χ1) is 9.74. The van der Waals surface area contributed by atoms with E-state index in [1.54, 1.807) is 16.8 Å². The van der Waals surface area contributed by atoms with Crippen molar-refractivity contribution in [1.29, 1.82) is 0 Å². The monoisotopic (exact) mass is 277 g/mol. The quantitative estimate of drug-likeness (QED) is 0.859. The van der Waals surface area contributed by atoms with E-state index in [1.165, 1.54) is 6.07 Å². The third kappa shape index (κ3) is 2.62. The average molecular weight is 277 g/mol. The Morgan fingerprint density at radius 1 is 1.45 bits per heavy atom. The summed E-state index contributed by atoms with van der Waals surface area (Å²) in [5.41, 5.74) is 6.28. The van der Waals surface area contributed by atoms with Gasteiger partial charge in [0.1, 0.15) is 5.82 Å². The highest BCUT2D eigenvalue weighted by atomic mass is 19.1. The molecule has 0 radical (unpaired) electrons. The number of nitrogens with zero attached hydrogens (tertiary/aromatic N) is 4. The normalized spacial score (nSPS) is 18.6. The molecule has 1 aliphatic rings. The maximum Gasteiger partial charge on any atom is 0.184 e. The van der Waals surface area contributed by atoms with Crippen LogP contribution in [-0.4, -0.2) is 32.9 Å². The van der Waals surface area contributed by atoms with Crippen LogP contribution in [0.25, 0.3) is 11.4 Å². The lowest BCUT2D eigenvalue weighted by molar-refractivity contribution is 0.0994. The molecule has 1 aromatic carbocycles. The Morgan fingerprint density at radius 2 is 2.35 bits per heavy atom. The molecule has 2 heterocycles. The summed E-state index contributed by atoms with van der Waals surface area (Å²) in [5.74, 6) is -0.00124. The number of benzene rings is 1. The molecule has 6 nitrogen and oxygen atoms in total. The molecule has 2 aromatic rings. The van der Waals surface area contributed by atoms with Crippen LogP contribution in [0.15, 0.2) is 18.2 Å². The molecule has 20 heavy (non-hydrogen) atoms. The molecule has 1 unspecified atom stereocenters. The molecule has 106 valence electrons. The molecule has 7 heteroatoms. The molecule has 0 aliphatic carbocycles. The van der Waals surface area contributed by atoms with E-state index in [0.717, 1.165) is 25.9 Å². The molecule has 2 N–H and O–H groups in total.